The van der Waals surface area contributed by atoms with Gasteiger partial charge in [0.1, 0.15) is 5.82 Å². The zero-order valence-electron chi connectivity index (χ0n) is 12.5. The van der Waals surface area contributed by atoms with Crippen molar-refractivity contribution in [3.05, 3.63) is 39.8 Å². The highest BCUT2D eigenvalue weighted by molar-refractivity contribution is 6.31. The molecule has 0 saturated carbocycles. The fourth-order valence-electron chi connectivity index (χ4n) is 2.03. The Bertz CT molecular complexity index is 604. The van der Waals surface area contributed by atoms with Crippen LogP contribution >= 0.6 is 11.6 Å². The van der Waals surface area contributed by atoms with E-state index in [9.17, 15) is 0 Å². The van der Waals surface area contributed by atoms with Gasteiger partial charge in [-0.1, -0.05) is 18.5 Å². The SMILES string of the molecule is CCCNc1ccc(Cl)c(Cn2nc(C)c(C)c2C)n1. The van der Waals surface area contributed by atoms with Crippen molar-refractivity contribution in [2.24, 2.45) is 0 Å². The van der Waals surface area contributed by atoms with Crippen LogP contribution in [0.15, 0.2) is 12.1 Å². The van der Waals surface area contributed by atoms with Crippen LogP contribution in [0.25, 0.3) is 0 Å². The van der Waals surface area contributed by atoms with E-state index in [1.165, 1.54) is 5.56 Å². The van der Waals surface area contributed by atoms with Gasteiger partial charge in [-0.2, -0.15) is 5.10 Å². The highest BCUT2D eigenvalue weighted by Gasteiger charge is 2.11. The van der Waals surface area contributed by atoms with E-state index in [4.69, 9.17) is 11.6 Å². The number of nitrogens with zero attached hydrogens (tertiary/aromatic N) is 3. The van der Waals surface area contributed by atoms with Crippen molar-refractivity contribution in [2.45, 2.75) is 40.7 Å². The lowest BCUT2D eigenvalue weighted by Gasteiger charge is -2.09. The van der Waals surface area contributed by atoms with Crippen molar-refractivity contribution < 1.29 is 0 Å². The molecule has 0 atom stereocenters. The molecule has 2 rings (SSSR count). The zero-order chi connectivity index (χ0) is 14.7. The van der Waals surface area contributed by atoms with Crippen molar-refractivity contribution in [3.8, 4) is 0 Å². The monoisotopic (exact) mass is 292 g/mol. The molecule has 0 radical (unpaired) electrons. The van der Waals surface area contributed by atoms with Crippen LogP contribution in [0, 0.1) is 20.8 Å². The Labute approximate surface area is 125 Å². The smallest absolute Gasteiger partial charge is 0.126 e. The van der Waals surface area contributed by atoms with E-state index in [0.717, 1.165) is 35.9 Å². The van der Waals surface area contributed by atoms with Gasteiger partial charge >= 0.3 is 0 Å². The van der Waals surface area contributed by atoms with E-state index in [1.54, 1.807) is 0 Å². The summed E-state index contributed by atoms with van der Waals surface area (Å²) in [4.78, 5) is 4.58. The summed E-state index contributed by atoms with van der Waals surface area (Å²) in [5, 5.41) is 8.49. The standard InChI is InChI=1S/C15H21ClN4/c1-5-8-17-15-7-6-13(16)14(18-15)9-20-12(4)10(2)11(3)19-20/h6-7H,5,8-9H2,1-4H3,(H,17,18). The van der Waals surface area contributed by atoms with Crippen LogP contribution in [0.2, 0.25) is 5.02 Å². The number of aryl methyl sites for hydroxylation is 1. The zero-order valence-corrected chi connectivity index (χ0v) is 13.3. The number of nitrogens with one attached hydrogen (secondary N) is 1. The molecule has 0 unspecified atom stereocenters. The molecule has 2 aromatic rings. The fourth-order valence-corrected chi connectivity index (χ4v) is 2.19. The molecule has 0 aliphatic heterocycles. The lowest BCUT2D eigenvalue weighted by atomic mass is 10.2. The van der Waals surface area contributed by atoms with Crippen LogP contribution < -0.4 is 5.32 Å². The maximum absolute atomic E-state index is 6.25. The van der Waals surface area contributed by atoms with Gasteiger partial charge in [-0.15, -0.1) is 0 Å². The van der Waals surface area contributed by atoms with Crippen molar-refractivity contribution in [1.29, 1.82) is 0 Å². The molecule has 4 nitrogen and oxygen atoms in total. The molecule has 0 saturated heterocycles. The van der Waals surface area contributed by atoms with Crippen LogP contribution in [0.3, 0.4) is 0 Å². The Kier molecular flexibility index (Phi) is 4.65. The van der Waals surface area contributed by atoms with E-state index in [-0.39, 0.29) is 0 Å². The van der Waals surface area contributed by atoms with Gasteiger partial charge in [-0.3, -0.25) is 4.68 Å². The number of anilines is 1. The van der Waals surface area contributed by atoms with E-state index in [2.05, 4.69) is 36.2 Å². The lowest BCUT2D eigenvalue weighted by molar-refractivity contribution is 0.647. The largest absolute Gasteiger partial charge is 0.370 e. The van der Waals surface area contributed by atoms with Crippen molar-refractivity contribution in [2.75, 3.05) is 11.9 Å². The number of hydrogen-bond acceptors (Lipinski definition) is 3. The first kappa shape index (κ1) is 14.9. The predicted molar refractivity (Wildman–Crippen MR) is 83.6 cm³/mol. The second-order valence-corrected chi connectivity index (χ2v) is 5.41. The molecule has 0 fully saturated rings. The third-order valence-corrected chi connectivity index (χ3v) is 3.86. The molecular formula is C15H21ClN4. The Balaban J connectivity index is 2.25. The summed E-state index contributed by atoms with van der Waals surface area (Å²) in [5.74, 6) is 0.865. The summed E-state index contributed by atoms with van der Waals surface area (Å²) in [5.41, 5.74) is 4.28. The topological polar surface area (TPSA) is 42.7 Å². The minimum atomic E-state index is 0.598. The second kappa shape index (κ2) is 6.27. The number of hydrogen-bond donors (Lipinski definition) is 1. The maximum atomic E-state index is 6.25. The molecule has 2 aromatic heterocycles. The quantitative estimate of drug-likeness (QED) is 0.913. The van der Waals surface area contributed by atoms with Gasteiger partial charge in [0.25, 0.3) is 0 Å². The summed E-state index contributed by atoms with van der Waals surface area (Å²) in [7, 11) is 0. The van der Waals surface area contributed by atoms with Crippen molar-refractivity contribution in [3.63, 3.8) is 0 Å². The first-order valence-corrected chi connectivity index (χ1v) is 7.30. The first-order chi connectivity index (χ1) is 9.52. The maximum Gasteiger partial charge on any atom is 0.126 e. The number of pyridine rings is 1. The summed E-state index contributed by atoms with van der Waals surface area (Å²) in [6, 6.07) is 3.80. The Morgan fingerprint density at radius 2 is 2.00 bits per heavy atom. The minimum absolute atomic E-state index is 0.598. The molecule has 5 heteroatoms. The summed E-state index contributed by atoms with van der Waals surface area (Å²) >= 11 is 6.25. The van der Waals surface area contributed by atoms with E-state index in [1.807, 2.05) is 23.7 Å². The van der Waals surface area contributed by atoms with Gasteiger partial charge in [-0.25, -0.2) is 4.98 Å². The lowest BCUT2D eigenvalue weighted by Crippen LogP contribution is -2.09. The number of halogens is 1. The molecule has 20 heavy (non-hydrogen) atoms. The normalized spacial score (nSPS) is 10.8. The molecule has 0 aromatic carbocycles. The molecule has 0 spiro atoms. The van der Waals surface area contributed by atoms with Gasteiger partial charge in [0.15, 0.2) is 0 Å². The highest BCUT2D eigenvalue weighted by Crippen LogP contribution is 2.19. The van der Waals surface area contributed by atoms with Crippen LogP contribution in [-0.2, 0) is 6.54 Å². The van der Waals surface area contributed by atoms with E-state index in [0.29, 0.717) is 11.6 Å². The van der Waals surface area contributed by atoms with Crippen LogP contribution in [-0.4, -0.2) is 21.3 Å². The molecule has 108 valence electrons. The Hall–Kier alpha value is -1.55. The average Bonchev–Trinajstić information content (AvgIpc) is 2.67. The molecular weight excluding hydrogens is 272 g/mol. The summed E-state index contributed by atoms with van der Waals surface area (Å²) in [6.45, 7) is 9.81. The molecule has 0 amide bonds. The minimum Gasteiger partial charge on any atom is -0.370 e. The van der Waals surface area contributed by atoms with Gasteiger partial charge in [0.2, 0.25) is 0 Å². The predicted octanol–water partition coefficient (Wildman–Crippen LogP) is 3.73. The summed E-state index contributed by atoms with van der Waals surface area (Å²) < 4.78 is 1.96. The third kappa shape index (κ3) is 3.12. The van der Waals surface area contributed by atoms with E-state index < -0.39 is 0 Å². The van der Waals surface area contributed by atoms with Gasteiger partial charge in [-0.05, 0) is 44.9 Å². The highest BCUT2D eigenvalue weighted by atomic mass is 35.5. The average molecular weight is 293 g/mol. The van der Waals surface area contributed by atoms with Gasteiger partial charge in [0.05, 0.1) is 23.0 Å². The Morgan fingerprint density at radius 1 is 1.25 bits per heavy atom. The fraction of sp³-hybridized carbons (Fsp3) is 0.467. The number of rotatable bonds is 5. The van der Waals surface area contributed by atoms with Gasteiger partial charge in [0, 0.05) is 12.2 Å². The summed E-state index contributed by atoms with van der Waals surface area (Å²) in [6.07, 6.45) is 1.07. The van der Waals surface area contributed by atoms with Crippen molar-refractivity contribution >= 4 is 17.4 Å². The molecule has 1 N–H and O–H groups in total. The van der Waals surface area contributed by atoms with Crippen molar-refractivity contribution in [1.82, 2.24) is 14.8 Å². The molecule has 0 aliphatic carbocycles. The molecule has 2 heterocycles. The number of aromatic nitrogens is 3. The van der Waals surface area contributed by atoms with Crippen LogP contribution in [0.5, 0.6) is 0 Å². The van der Waals surface area contributed by atoms with Crippen LogP contribution in [0.1, 0.15) is 36.0 Å². The Morgan fingerprint density at radius 3 is 2.60 bits per heavy atom. The van der Waals surface area contributed by atoms with E-state index >= 15 is 0 Å². The molecule has 0 bridgehead atoms. The van der Waals surface area contributed by atoms with Gasteiger partial charge < -0.3 is 5.32 Å². The second-order valence-electron chi connectivity index (χ2n) is 5.01. The molecule has 0 aliphatic rings. The third-order valence-electron chi connectivity index (χ3n) is 3.52. The first-order valence-electron chi connectivity index (χ1n) is 6.92. The van der Waals surface area contributed by atoms with Crippen LogP contribution in [0.4, 0.5) is 5.82 Å².